The summed E-state index contributed by atoms with van der Waals surface area (Å²) in [6.45, 7) is 1.60. The number of carbonyl (C=O) groups is 1. The number of nitrogens with zero attached hydrogens (tertiary/aromatic N) is 4. The number of hydrogen-bond acceptors (Lipinski definition) is 4. The summed E-state index contributed by atoms with van der Waals surface area (Å²) in [6.07, 6.45) is 6.82. The second-order valence-corrected chi connectivity index (χ2v) is 6.99. The number of pyridine rings is 1. The molecule has 3 aromatic rings. The molecule has 138 valence electrons. The fourth-order valence-corrected chi connectivity index (χ4v) is 3.46. The minimum Gasteiger partial charge on any atom is -0.357 e. The molecule has 0 aliphatic carbocycles. The van der Waals surface area contributed by atoms with E-state index in [4.69, 9.17) is 11.6 Å². The lowest BCUT2D eigenvalue weighted by Crippen LogP contribution is -2.38. The van der Waals surface area contributed by atoms with Gasteiger partial charge in [0.25, 0.3) is 0 Å². The molecule has 1 saturated heterocycles. The summed E-state index contributed by atoms with van der Waals surface area (Å²) in [5, 5.41) is 7.97. The van der Waals surface area contributed by atoms with Crippen LogP contribution in [-0.4, -0.2) is 33.8 Å². The van der Waals surface area contributed by atoms with Gasteiger partial charge in [-0.05, 0) is 43.2 Å². The van der Waals surface area contributed by atoms with E-state index in [1.54, 1.807) is 17.1 Å². The van der Waals surface area contributed by atoms with Gasteiger partial charge in [0.1, 0.15) is 5.82 Å². The number of rotatable bonds is 4. The molecule has 6 nitrogen and oxygen atoms in total. The number of anilines is 2. The second kappa shape index (κ2) is 7.80. The standard InChI is InChI=1S/C20H20ClN5O/c21-16-6-7-19(22-14-16)25-12-8-15(9-13-25)20(27)24-17-4-1-2-5-18(17)26-11-3-10-23-26/h1-7,10-11,14-15H,8-9,12-13H2,(H,24,27). The van der Waals surface area contributed by atoms with E-state index in [1.165, 1.54) is 0 Å². The Kier molecular flexibility index (Phi) is 5.07. The Bertz CT molecular complexity index is 902. The van der Waals surface area contributed by atoms with Gasteiger partial charge in [0.2, 0.25) is 5.91 Å². The van der Waals surface area contributed by atoms with E-state index in [9.17, 15) is 4.79 Å². The quantitative estimate of drug-likeness (QED) is 0.747. The molecule has 3 heterocycles. The number of nitrogens with one attached hydrogen (secondary N) is 1. The largest absolute Gasteiger partial charge is 0.357 e. The van der Waals surface area contributed by atoms with Crippen molar-refractivity contribution < 1.29 is 4.79 Å². The van der Waals surface area contributed by atoms with Crippen LogP contribution in [-0.2, 0) is 4.79 Å². The summed E-state index contributed by atoms with van der Waals surface area (Å²) in [5.41, 5.74) is 1.63. The van der Waals surface area contributed by atoms with Crippen LogP contribution in [0.2, 0.25) is 5.02 Å². The summed E-state index contributed by atoms with van der Waals surface area (Å²) in [6, 6.07) is 13.3. The molecule has 0 saturated carbocycles. The molecule has 0 unspecified atom stereocenters. The lowest BCUT2D eigenvalue weighted by Gasteiger charge is -2.32. The number of para-hydroxylation sites is 2. The molecule has 27 heavy (non-hydrogen) atoms. The van der Waals surface area contributed by atoms with Gasteiger partial charge in [-0.1, -0.05) is 23.7 Å². The molecule has 1 aliphatic rings. The molecule has 0 bridgehead atoms. The first-order chi connectivity index (χ1) is 13.2. The third-order valence-electron chi connectivity index (χ3n) is 4.81. The SMILES string of the molecule is O=C(Nc1ccccc1-n1cccn1)C1CCN(c2ccc(Cl)cn2)CC1. The van der Waals surface area contributed by atoms with Crippen LogP contribution in [0.4, 0.5) is 11.5 Å². The van der Waals surface area contributed by atoms with E-state index in [0.29, 0.717) is 5.02 Å². The molecule has 0 atom stereocenters. The highest BCUT2D eigenvalue weighted by Crippen LogP contribution is 2.25. The first kappa shape index (κ1) is 17.5. The number of aromatic nitrogens is 3. The number of carbonyl (C=O) groups excluding carboxylic acids is 1. The van der Waals surface area contributed by atoms with Crippen molar-refractivity contribution in [1.29, 1.82) is 0 Å². The predicted molar refractivity (Wildman–Crippen MR) is 106 cm³/mol. The molecular weight excluding hydrogens is 362 g/mol. The number of amides is 1. The van der Waals surface area contributed by atoms with Crippen LogP contribution in [0, 0.1) is 5.92 Å². The van der Waals surface area contributed by atoms with Crippen molar-refractivity contribution in [3.63, 3.8) is 0 Å². The first-order valence-electron chi connectivity index (χ1n) is 8.97. The molecule has 1 aromatic carbocycles. The van der Waals surface area contributed by atoms with Crippen molar-refractivity contribution in [2.24, 2.45) is 5.92 Å². The van der Waals surface area contributed by atoms with Crippen molar-refractivity contribution in [3.8, 4) is 5.69 Å². The van der Waals surface area contributed by atoms with Crippen molar-refractivity contribution in [1.82, 2.24) is 14.8 Å². The summed E-state index contributed by atoms with van der Waals surface area (Å²) in [5.74, 6) is 0.944. The molecule has 4 rings (SSSR count). The molecular formula is C20H20ClN5O. The normalized spacial score (nSPS) is 14.9. The van der Waals surface area contributed by atoms with Crippen molar-refractivity contribution in [2.75, 3.05) is 23.3 Å². The maximum Gasteiger partial charge on any atom is 0.227 e. The Morgan fingerprint density at radius 3 is 2.63 bits per heavy atom. The maximum atomic E-state index is 12.8. The molecule has 1 aliphatic heterocycles. The Labute approximate surface area is 162 Å². The van der Waals surface area contributed by atoms with Gasteiger partial charge in [-0.15, -0.1) is 0 Å². The average molecular weight is 382 g/mol. The van der Waals surface area contributed by atoms with Gasteiger partial charge >= 0.3 is 0 Å². The molecule has 1 N–H and O–H groups in total. The van der Waals surface area contributed by atoms with E-state index in [2.05, 4.69) is 20.3 Å². The van der Waals surface area contributed by atoms with Gasteiger partial charge < -0.3 is 10.2 Å². The van der Waals surface area contributed by atoms with Crippen LogP contribution in [0.5, 0.6) is 0 Å². The van der Waals surface area contributed by atoms with Crippen LogP contribution >= 0.6 is 11.6 Å². The zero-order valence-electron chi connectivity index (χ0n) is 14.8. The van der Waals surface area contributed by atoms with E-state index >= 15 is 0 Å². The van der Waals surface area contributed by atoms with Crippen molar-refractivity contribution >= 4 is 29.0 Å². The van der Waals surface area contributed by atoms with Gasteiger partial charge in [0.15, 0.2) is 0 Å². The number of benzene rings is 1. The molecule has 7 heteroatoms. The Balaban J connectivity index is 1.40. The highest BCUT2D eigenvalue weighted by atomic mass is 35.5. The van der Waals surface area contributed by atoms with Crippen LogP contribution in [0.25, 0.3) is 5.69 Å². The Hall–Kier alpha value is -2.86. The van der Waals surface area contributed by atoms with E-state index < -0.39 is 0 Å². The summed E-state index contributed by atoms with van der Waals surface area (Å²) in [4.78, 5) is 19.3. The molecule has 0 radical (unpaired) electrons. The molecule has 2 aromatic heterocycles. The molecule has 1 amide bonds. The highest BCUT2D eigenvalue weighted by molar-refractivity contribution is 6.30. The fraction of sp³-hybridized carbons (Fsp3) is 0.250. The van der Waals surface area contributed by atoms with Crippen LogP contribution in [0.1, 0.15) is 12.8 Å². The Morgan fingerprint density at radius 2 is 1.93 bits per heavy atom. The van der Waals surface area contributed by atoms with Crippen LogP contribution in [0.15, 0.2) is 61.1 Å². The van der Waals surface area contributed by atoms with Gasteiger partial charge in [0, 0.05) is 37.6 Å². The van der Waals surface area contributed by atoms with Gasteiger partial charge in [-0.3, -0.25) is 4.79 Å². The number of hydrogen-bond donors (Lipinski definition) is 1. The zero-order valence-corrected chi connectivity index (χ0v) is 15.5. The van der Waals surface area contributed by atoms with E-state index in [1.807, 2.05) is 48.7 Å². The van der Waals surface area contributed by atoms with Gasteiger partial charge in [-0.25, -0.2) is 9.67 Å². The van der Waals surface area contributed by atoms with Gasteiger partial charge in [0.05, 0.1) is 16.4 Å². The smallest absolute Gasteiger partial charge is 0.227 e. The summed E-state index contributed by atoms with van der Waals surface area (Å²) >= 11 is 5.90. The van der Waals surface area contributed by atoms with Crippen LogP contribution in [0.3, 0.4) is 0 Å². The predicted octanol–water partition coefficient (Wildman–Crippen LogP) is 3.78. The van der Waals surface area contributed by atoms with Crippen molar-refractivity contribution in [3.05, 3.63) is 66.1 Å². The zero-order chi connectivity index (χ0) is 18.6. The average Bonchev–Trinajstić information content (AvgIpc) is 3.24. The molecule has 1 fully saturated rings. The monoisotopic (exact) mass is 381 g/mol. The summed E-state index contributed by atoms with van der Waals surface area (Å²) < 4.78 is 1.75. The minimum atomic E-state index is -0.0146. The molecule has 0 spiro atoms. The van der Waals surface area contributed by atoms with Gasteiger partial charge in [-0.2, -0.15) is 5.10 Å². The number of piperidine rings is 1. The topological polar surface area (TPSA) is 63.1 Å². The maximum absolute atomic E-state index is 12.8. The van der Waals surface area contributed by atoms with Crippen LogP contribution < -0.4 is 10.2 Å². The second-order valence-electron chi connectivity index (χ2n) is 6.55. The third kappa shape index (κ3) is 3.95. The van der Waals surface area contributed by atoms with Crippen molar-refractivity contribution in [2.45, 2.75) is 12.8 Å². The fourth-order valence-electron chi connectivity index (χ4n) is 3.35. The Morgan fingerprint density at radius 1 is 1.11 bits per heavy atom. The lowest BCUT2D eigenvalue weighted by molar-refractivity contribution is -0.120. The highest BCUT2D eigenvalue weighted by Gasteiger charge is 2.26. The summed E-state index contributed by atoms with van der Waals surface area (Å²) in [7, 11) is 0. The first-order valence-corrected chi connectivity index (χ1v) is 9.35. The third-order valence-corrected chi connectivity index (χ3v) is 5.04. The minimum absolute atomic E-state index is 0.0146. The number of halogens is 1. The van der Waals surface area contributed by atoms with E-state index in [-0.39, 0.29) is 11.8 Å². The van der Waals surface area contributed by atoms with E-state index in [0.717, 1.165) is 43.1 Å². The lowest BCUT2D eigenvalue weighted by atomic mass is 9.95.